The van der Waals surface area contributed by atoms with Crippen LogP contribution in [-0.4, -0.2) is 22.6 Å². The Labute approximate surface area is 116 Å². The van der Waals surface area contributed by atoms with Crippen LogP contribution in [0.1, 0.15) is 21.9 Å². The lowest BCUT2D eigenvalue weighted by Crippen LogP contribution is -2.10. The third kappa shape index (κ3) is 2.79. The van der Waals surface area contributed by atoms with E-state index in [4.69, 9.17) is 5.73 Å². The number of hydrogen-bond donors (Lipinski definition) is 1. The molecule has 2 N–H and O–H groups in total. The van der Waals surface area contributed by atoms with Crippen LogP contribution in [0.2, 0.25) is 0 Å². The van der Waals surface area contributed by atoms with Crippen molar-refractivity contribution in [2.45, 2.75) is 19.9 Å². The van der Waals surface area contributed by atoms with Crippen molar-refractivity contribution in [2.24, 2.45) is 0 Å². The highest BCUT2D eigenvalue weighted by Crippen LogP contribution is 2.16. The van der Waals surface area contributed by atoms with E-state index in [0.29, 0.717) is 18.8 Å². The van der Waals surface area contributed by atoms with Crippen LogP contribution in [0.5, 0.6) is 0 Å². The molecule has 0 aliphatic rings. The van der Waals surface area contributed by atoms with Gasteiger partial charge in [-0.15, -0.1) is 0 Å². The summed E-state index contributed by atoms with van der Waals surface area (Å²) < 4.78 is 19.2. The lowest BCUT2D eigenvalue weighted by atomic mass is 10.1. The van der Waals surface area contributed by atoms with Crippen LogP contribution in [0, 0.1) is 12.7 Å². The van der Waals surface area contributed by atoms with Crippen LogP contribution < -0.4 is 5.73 Å². The van der Waals surface area contributed by atoms with E-state index in [2.05, 4.69) is 9.72 Å². The molecule has 0 radical (unpaired) electrons. The predicted octanol–water partition coefficient (Wildman–Crippen LogP) is 1.94. The summed E-state index contributed by atoms with van der Waals surface area (Å²) in [5.41, 5.74) is 7.02. The van der Waals surface area contributed by atoms with Gasteiger partial charge in [-0.05, 0) is 31.0 Å². The number of nitrogens with zero attached hydrogens (tertiary/aromatic N) is 2. The Balaban J connectivity index is 2.15. The maximum atomic E-state index is 12.8. The van der Waals surface area contributed by atoms with Gasteiger partial charge >= 0.3 is 5.97 Å². The van der Waals surface area contributed by atoms with Crippen LogP contribution in [0.3, 0.4) is 0 Å². The second-order valence-corrected chi connectivity index (χ2v) is 4.41. The third-order valence-electron chi connectivity index (χ3n) is 3.11. The number of halogens is 1. The average Bonchev–Trinajstić information content (AvgIpc) is 2.73. The number of aromatic nitrogens is 2. The first-order valence-corrected chi connectivity index (χ1v) is 6.18. The van der Waals surface area contributed by atoms with Crippen molar-refractivity contribution < 1.29 is 13.9 Å². The highest BCUT2D eigenvalue weighted by Gasteiger charge is 2.18. The molecule has 2 aromatic rings. The molecule has 0 amide bonds. The number of carbonyl (C=O) groups excluding carboxylic acids is 1. The second kappa shape index (κ2) is 5.73. The van der Waals surface area contributed by atoms with E-state index in [-0.39, 0.29) is 17.3 Å². The molecule has 0 saturated carbocycles. The van der Waals surface area contributed by atoms with Gasteiger partial charge in [0, 0.05) is 6.54 Å². The molecule has 0 aliphatic heterocycles. The van der Waals surface area contributed by atoms with E-state index >= 15 is 0 Å². The minimum atomic E-state index is -0.550. The number of anilines is 1. The van der Waals surface area contributed by atoms with Crippen LogP contribution in [-0.2, 0) is 17.7 Å². The Bertz CT molecular complexity index is 620. The topological polar surface area (TPSA) is 70.1 Å². The minimum absolute atomic E-state index is 0.129. The number of nitrogens with two attached hydrogens (primary N) is 1. The van der Waals surface area contributed by atoms with E-state index in [0.717, 1.165) is 5.56 Å². The highest BCUT2D eigenvalue weighted by atomic mass is 19.1. The number of hydrogen-bond acceptors (Lipinski definition) is 4. The monoisotopic (exact) mass is 277 g/mol. The largest absolute Gasteiger partial charge is 0.464 e. The smallest absolute Gasteiger partial charge is 0.360 e. The van der Waals surface area contributed by atoms with Crippen LogP contribution in [0.15, 0.2) is 24.3 Å². The quantitative estimate of drug-likeness (QED) is 0.867. The molecule has 1 aromatic heterocycles. The van der Waals surface area contributed by atoms with Crippen molar-refractivity contribution in [3.05, 3.63) is 47.2 Å². The van der Waals surface area contributed by atoms with E-state index in [1.54, 1.807) is 23.6 Å². The minimum Gasteiger partial charge on any atom is -0.464 e. The number of benzene rings is 1. The molecule has 2 rings (SSSR count). The van der Waals surface area contributed by atoms with Gasteiger partial charge in [-0.2, -0.15) is 0 Å². The third-order valence-corrected chi connectivity index (χ3v) is 3.11. The van der Waals surface area contributed by atoms with E-state index in [1.807, 2.05) is 0 Å². The van der Waals surface area contributed by atoms with Crippen LogP contribution >= 0.6 is 0 Å². The van der Waals surface area contributed by atoms with Gasteiger partial charge in [0.05, 0.1) is 7.11 Å². The summed E-state index contributed by atoms with van der Waals surface area (Å²) in [5, 5.41) is 0. The maximum absolute atomic E-state index is 12.8. The molecule has 0 atom stereocenters. The van der Waals surface area contributed by atoms with Crippen molar-refractivity contribution in [1.29, 1.82) is 0 Å². The zero-order chi connectivity index (χ0) is 14.7. The van der Waals surface area contributed by atoms with Crippen molar-refractivity contribution in [1.82, 2.24) is 9.55 Å². The van der Waals surface area contributed by atoms with E-state index in [9.17, 15) is 9.18 Å². The first-order chi connectivity index (χ1) is 9.52. The fraction of sp³-hybridized carbons (Fsp3) is 0.286. The Morgan fingerprint density at radius 1 is 1.40 bits per heavy atom. The summed E-state index contributed by atoms with van der Waals surface area (Å²) in [5.74, 6) is 0.118. The molecule has 6 heteroatoms. The lowest BCUT2D eigenvalue weighted by molar-refractivity contribution is 0.0595. The standard InChI is InChI=1S/C14H16FN3O2/c1-9-17-12(14(19)20-2)13(16)18(9)8-7-10-3-5-11(15)6-4-10/h3-6H,7-8,16H2,1-2H3. The number of nitrogen functional groups attached to an aromatic ring is 1. The SMILES string of the molecule is COC(=O)c1nc(C)n(CCc2ccc(F)cc2)c1N. The molecule has 20 heavy (non-hydrogen) atoms. The van der Waals surface area contributed by atoms with Gasteiger partial charge in [0.15, 0.2) is 5.69 Å². The van der Waals surface area contributed by atoms with Crippen molar-refractivity contribution >= 4 is 11.8 Å². The zero-order valence-corrected chi connectivity index (χ0v) is 11.4. The van der Waals surface area contributed by atoms with Crippen molar-refractivity contribution in [3.63, 3.8) is 0 Å². The summed E-state index contributed by atoms with van der Waals surface area (Å²) in [7, 11) is 1.29. The van der Waals surface area contributed by atoms with Crippen LogP contribution in [0.4, 0.5) is 10.2 Å². The second-order valence-electron chi connectivity index (χ2n) is 4.41. The van der Waals surface area contributed by atoms with Gasteiger partial charge < -0.3 is 15.0 Å². The molecule has 1 aromatic carbocycles. The Morgan fingerprint density at radius 3 is 2.65 bits per heavy atom. The van der Waals surface area contributed by atoms with Gasteiger partial charge in [-0.3, -0.25) is 0 Å². The summed E-state index contributed by atoms with van der Waals surface area (Å²) in [6.07, 6.45) is 0.669. The molecule has 0 saturated heterocycles. The number of carbonyl (C=O) groups is 1. The molecule has 106 valence electrons. The first kappa shape index (κ1) is 14.0. The molecule has 0 unspecified atom stereocenters. The number of ether oxygens (including phenoxy) is 1. The highest BCUT2D eigenvalue weighted by molar-refractivity contribution is 5.92. The van der Waals surface area contributed by atoms with E-state index < -0.39 is 5.97 Å². The van der Waals surface area contributed by atoms with Crippen molar-refractivity contribution in [2.75, 3.05) is 12.8 Å². The number of methoxy groups -OCH3 is 1. The number of rotatable bonds is 4. The summed E-state index contributed by atoms with van der Waals surface area (Å²) in [6.45, 7) is 2.33. The van der Waals surface area contributed by atoms with Gasteiger partial charge in [0.25, 0.3) is 0 Å². The molecule has 0 bridgehead atoms. The number of esters is 1. The fourth-order valence-electron chi connectivity index (χ4n) is 2.00. The van der Waals surface area contributed by atoms with Gasteiger partial charge in [0.1, 0.15) is 17.5 Å². The van der Waals surface area contributed by atoms with Gasteiger partial charge in [-0.25, -0.2) is 14.2 Å². The van der Waals surface area contributed by atoms with E-state index in [1.165, 1.54) is 19.2 Å². The molecule has 0 fully saturated rings. The molecule has 0 spiro atoms. The molecular formula is C14H16FN3O2. The normalized spacial score (nSPS) is 10.6. The number of imidazole rings is 1. The predicted molar refractivity (Wildman–Crippen MR) is 72.8 cm³/mol. The summed E-state index contributed by atoms with van der Waals surface area (Å²) in [6, 6.07) is 6.27. The van der Waals surface area contributed by atoms with Gasteiger partial charge in [-0.1, -0.05) is 12.1 Å². The summed E-state index contributed by atoms with van der Waals surface area (Å²) in [4.78, 5) is 15.6. The Kier molecular flexibility index (Phi) is 4.02. The number of aryl methyl sites for hydroxylation is 2. The molecule has 5 nitrogen and oxygen atoms in total. The average molecular weight is 277 g/mol. The summed E-state index contributed by atoms with van der Waals surface area (Å²) >= 11 is 0. The Morgan fingerprint density at radius 2 is 2.05 bits per heavy atom. The molecular weight excluding hydrogens is 261 g/mol. The molecule has 0 aliphatic carbocycles. The zero-order valence-electron chi connectivity index (χ0n) is 11.4. The Hall–Kier alpha value is -2.37. The van der Waals surface area contributed by atoms with Crippen LogP contribution in [0.25, 0.3) is 0 Å². The molecule has 1 heterocycles. The fourth-order valence-corrected chi connectivity index (χ4v) is 2.00. The first-order valence-electron chi connectivity index (χ1n) is 6.18. The lowest BCUT2D eigenvalue weighted by Gasteiger charge is -2.07. The maximum Gasteiger partial charge on any atom is 0.360 e. The van der Waals surface area contributed by atoms with Gasteiger partial charge in [0.2, 0.25) is 0 Å². The van der Waals surface area contributed by atoms with Crippen molar-refractivity contribution in [3.8, 4) is 0 Å².